The van der Waals surface area contributed by atoms with Gasteiger partial charge in [0.05, 0.1) is 0 Å². The lowest BCUT2D eigenvalue weighted by molar-refractivity contribution is -0.140. The molecule has 114 valence electrons. The van der Waals surface area contributed by atoms with E-state index in [-0.39, 0.29) is 24.8 Å². The van der Waals surface area contributed by atoms with Crippen LogP contribution < -0.4 is 5.32 Å². The number of amides is 1. The third kappa shape index (κ3) is 5.83. The van der Waals surface area contributed by atoms with Crippen LogP contribution in [0.1, 0.15) is 35.2 Å². The van der Waals surface area contributed by atoms with E-state index in [1.165, 1.54) is 6.07 Å². The Hall–Kier alpha value is -2.08. The molecular weight excluding hydrogens is 298 g/mol. The summed E-state index contributed by atoms with van der Waals surface area (Å²) in [6.45, 7) is 1.77. The van der Waals surface area contributed by atoms with Crippen molar-refractivity contribution >= 4 is 29.4 Å². The molecule has 0 spiro atoms. The zero-order chi connectivity index (χ0) is 16.0. The van der Waals surface area contributed by atoms with Crippen molar-refractivity contribution in [2.24, 2.45) is 0 Å². The second kappa shape index (κ2) is 7.64. The third-order valence-corrected chi connectivity index (χ3v) is 3.01. The smallest absolute Gasteiger partial charge is 0.326 e. The summed E-state index contributed by atoms with van der Waals surface area (Å²) < 4.78 is 0. The lowest BCUT2D eigenvalue weighted by Crippen LogP contribution is -2.40. The van der Waals surface area contributed by atoms with Crippen molar-refractivity contribution < 1.29 is 24.6 Å². The summed E-state index contributed by atoms with van der Waals surface area (Å²) in [6, 6.07) is 3.59. The largest absolute Gasteiger partial charge is 0.481 e. The average Bonchev–Trinajstić information content (AvgIpc) is 2.35. The van der Waals surface area contributed by atoms with Gasteiger partial charge in [0.2, 0.25) is 0 Å². The van der Waals surface area contributed by atoms with Gasteiger partial charge in [0.1, 0.15) is 6.04 Å². The van der Waals surface area contributed by atoms with Gasteiger partial charge < -0.3 is 15.5 Å². The number of rotatable bonds is 7. The molecule has 1 aromatic carbocycles. The summed E-state index contributed by atoms with van der Waals surface area (Å²) in [5, 5.41) is 20.3. The fraction of sp³-hybridized carbons (Fsp3) is 0.357. The Morgan fingerprint density at radius 2 is 1.90 bits per heavy atom. The SMILES string of the molecule is Cc1cc(Cl)cc(C(=O)N[C@H](CCCC(=O)O)C(=O)O)c1. The van der Waals surface area contributed by atoms with E-state index in [0.29, 0.717) is 5.02 Å². The molecule has 21 heavy (non-hydrogen) atoms. The van der Waals surface area contributed by atoms with Crippen molar-refractivity contribution in [3.05, 3.63) is 34.3 Å². The first kappa shape index (κ1) is 17.0. The summed E-state index contributed by atoms with van der Waals surface area (Å²) >= 11 is 5.85. The maximum atomic E-state index is 12.0. The Kier molecular flexibility index (Phi) is 6.17. The van der Waals surface area contributed by atoms with Gasteiger partial charge in [-0.2, -0.15) is 0 Å². The topological polar surface area (TPSA) is 104 Å². The minimum atomic E-state index is -1.20. The van der Waals surface area contributed by atoms with E-state index in [4.69, 9.17) is 21.8 Å². The maximum Gasteiger partial charge on any atom is 0.326 e. The molecular formula is C14H16ClNO5. The molecule has 0 heterocycles. The molecule has 0 saturated carbocycles. The molecule has 0 aliphatic heterocycles. The fourth-order valence-electron chi connectivity index (χ4n) is 1.82. The van der Waals surface area contributed by atoms with E-state index in [1.807, 2.05) is 0 Å². The first-order valence-corrected chi connectivity index (χ1v) is 6.70. The summed E-state index contributed by atoms with van der Waals surface area (Å²) in [4.78, 5) is 33.5. The number of halogens is 1. The van der Waals surface area contributed by atoms with Crippen LogP contribution in [0.2, 0.25) is 5.02 Å². The quantitative estimate of drug-likeness (QED) is 0.715. The molecule has 1 rings (SSSR count). The predicted molar refractivity (Wildman–Crippen MR) is 76.6 cm³/mol. The van der Waals surface area contributed by atoms with Crippen molar-refractivity contribution in [3.63, 3.8) is 0 Å². The molecule has 0 bridgehead atoms. The third-order valence-electron chi connectivity index (χ3n) is 2.79. The normalized spacial score (nSPS) is 11.7. The molecule has 6 nitrogen and oxygen atoms in total. The lowest BCUT2D eigenvalue weighted by Gasteiger charge is -2.14. The van der Waals surface area contributed by atoms with Gasteiger partial charge in [-0.3, -0.25) is 9.59 Å². The zero-order valence-corrected chi connectivity index (χ0v) is 12.2. The van der Waals surface area contributed by atoms with Gasteiger partial charge >= 0.3 is 11.9 Å². The number of aryl methyl sites for hydroxylation is 1. The number of carboxylic acids is 2. The predicted octanol–water partition coefficient (Wildman–Crippen LogP) is 2.09. The number of nitrogens with one attached hydrogen (secondary N) is 1. The minimum Gasteiger partial charge on any atom is -0.481 e. The number of hydrogen-bond donors (Lipinski definition) is 3. The second-order valence-corrected chi connectivity index (χ2v) is 5.10. The highest BCUT2D eigenvalue weighted by Crippen LogP contribution is 2.15. The molecule has 0 unspecified atom stereocenters. The van der Waals surface area contributed by atoms with Crippen molar-refractivity contribution in [3.8, 4) is 0 Å². The van der Waals surface area contributed by atoms with Crippen LogP contribution in [0.3, 0.4) is 0 Å². The van der Waals surface area contributed by atoms with Gasteiger partial charge in [-0.1, -0.05) is 11.6 Å². The molecule has 3 N–H and O–H groups in total. The summed E-state index contributed by atoms with van der Waals surface area (Å²) in [7, 11) is 0. The lowest BCUT2D eigenvalue weighted by atomic mass is 10.1. The van der Waals surface area contributed by atoms with Gasteiger partial charge in [-0.05, 0) is 43.5 Å². The zero-order valence-electron chi connectivity index (χ0n) is 11.4. The summed E-state index contributed by atoms with van der Waals surface area (Å²) in [5.41, 5.74) is 1.05. The van der Waals surface area contributed by atoms with Crippen LogP contribution in [-0.2, 0) is 9.59 Å². The molecule has 0 aliphatic rings. The number of aliphatic carboxylic acids is 2. The first-order chi connectivity index (χ1) is 9.79. The second-order valence-electron chi connectivity index (χ2n) is 4.67. The maximum absolute atomic E-state index is 12.0. The summed E-state index contributed by atoms with van der Waals surface area (Å²) in [6.07, 6.45) is 0.0734. The number of carbonyl (C=O) groups is 3. The van der Waals surface area contributed by atoms with Crippen LogP contribution in [0, 0.1) is 6.92 Å². The van der Waals surface area contributed by atoms with E-state index in [0.717, 1.165) is 5.56 Å². The molecule has 0 saturated heterocycles. The van der Waals surface area contributed by atoms with Gasteiger partial charge in [0.25, 0.3) is 5.91 Å². The Labute approximate surface area is 126 Å². The first-order valence-electron chi connectivity index (χ1n) is 6.32. The number of hydrogen-bond acceptors (Lipinski definition) is 3. The molecule has 7 heteroatoms. The van der Waals surface area contributed by atoms with Crippen molar-refractivity contribution in [2.45, 2.75) is 32.2 Å². The standard InChI is InChI=1S/C14H16ClNO5/c1-8-5-9(7-10(15)6-8)13(19)16-11(14(20)21)3-2-4-12(17)18/h5-7,11H,2-4H2,1H3,(H,16,19)(H,17,18)(H,20,21)/t11-/m1/s1. The van der Waals surface area contributed by atoms with Crippen LogP contribution in [-0.4, -0.2) is 34.1 Å². The van der Waals surface area contributed by atoms with Crippen LogP contribution >= 0.6 is 11.6 Å². The van der Waals surface area contributed by atoms with Crippen molar-refractivity contribution in [1.29, 1.82) is 0 Å². The average molecular weight is 314 g/mol. The van der Waals surface area contributed by atoms with E-state index < -0.39 is 23.9 Å². The molecule has 1 amide bonds. The van der Waals surface area contributed by atoms with E-state index in [1.54, 1.807) is 19.1 Å². The number of carboxylic acid groups (broad SMARTS) is 2. The fourth-order valence-corrected chi connectivity index (χ4v) is 2.11. The van der Waals surface area contributed by atoms with E-state index >= 15 is 0 Å². The molecule has 0 aliphatic carbocycles. The van der Waals surface area contributed by atoms with Crippen molar-refractivity contribution in [1.82, 2.24) is 5.32 Å². The monoisotopic (exact) mass is 313 g/mol. The minimum absolute atomic E-state index is 0.0485. The van der Waals surface area contributed by atoms with E-state index in [2.05, 4.69) is 5.32 Å². The Balaban J connectivity index is 2.71. The Morgan fingerprint density at radius 3 is 2.43 bits per heavy atom. The Bertz CT molecular complexity index is 538. The van der Waals surface area contributed by atoms with Crippen LogP contribution in [0.25, 0.3) is 0 Å². The van der Waals surface area contributed by atoms with Crippen LogP contribution in [0.4, 0.5) is 0 Å². The van der Waals surface area contributed by atoms with Crippen molar-refractivity contribution in [2.75, 3.05) is 0 Å². The van der Waals surface area contributed by atoms with Gasteiger partial charge in [0, 0.05) is 17.0 Å². The Morgan fingerprint density at radius 1 is 1.24 bits per heavy atom. The summed E-state index contributed by atoms with van der Waals surface area (Å²) in [5.74, 6) is -2.76. The highest BCUT2D eigenvalue weighted by Gasteiger charge is 2.21. The molecule has 0 radical (unpaired) electrons. The van der Waals surface area contributed by atoms with E-state index in [9.17, 15) is 14.4 Å². The molecule has 0 aromatic heterocycles. The molecule has 0 fully saturated rings. The van der Waals surface area contributed by atoms with Gasteiger partial charge in [-0.25, -0.2) is 4.79 Å². The highest BCUT2D eigenvalue weighted by molar-refractivity contribution is 6.31. The molecule has 1 atom stereocenters. The highest BCUT2D eigenvalue weighted by atomic mass is 35.5. The molecule has 1 aromatic rings. The van der Waals surface area contributed by atoms with Gasteiger partial charge in [0.15, 0.2) is 0 Å². The van der Waals surface area contributed by atoms with Crippen LogP contribution in [0.5, 0.6) is 0 Å². The van der Waals surface area contributed by atoms with Crippen LogP contribution in [0.15, 0.2) is 18.2 Å². The number of carbonyl (C=O) groups excluding carboxylic acids is 1. The number of benzene rings is 1. The van der Waals surface area contributed by atoms with Gasteiger partial charge in [-0.15, -0.1) is 0 Å².